The molecule has 0 atom stereocenters. The van der Waals surface area contributed by atoms with Crippen molar-refractivity contribution in [3.8, 4) is 5.75 Å². The van der Waals surface area contributed by atoms with Gasteiger partial charge < -0.3 is 10.4 Å². The molecule has 0 radical (unpaired) electrons. The van der Waals surface area contributed by atoms with Gasteiger partial charge in [-0.2, -0.15) is 5.10 Å². The van der Waals surface area contributed by atoms with Crippen molar-refractivity contribution in [2.45, 2.75) is 19.8 Å². The fourth-order valence-corrected chi connectivity index (χ4v) is 1.34. The average Bonchev–Trinajstić information content (AvgIpc) is 2.29. The molecule has 0 unspecified atom stereocenters. The minimum atomic E-state index is 0.220. The van der Waals surface area contributed by atoms with Gasteiger partial charge in [-0.15, -0.1) is 0 Å². The van der Waals surface area contributed by atoms with E-state index in [0.717, 1.165) is 24.9 Å². The smallest absolute Gasteiger partial charge is 0.186 e. The van der Waals surface area contributed by atoms with Crippen LogP contribution in [0.1, 0.15) is 25.3 Å². The lowest BCUT2D eigenvalue weighted by Gasteiger charge is -2.05. The van der Waals surface area contributed by atoms with Crippen molar-refractivity contribution in [2.75, 3.05) is 6.54 Å². The number of nitrogens with zero attached hydrogens (tertiary/aromatic N) is 1. The molecule has 0 heterocycles. The summed E-state index contributed by atoms with van der Waals surface area (Å²) >= 11 is 5.02. The summed E-state index contributed by atoms with van der Waals surface area (Å²) in [5, 5.41) is 16.8. The molecule has 1 rings (SSSR count). The Morgan fingerprint density at radius 3 is 3.06 bits per heavy atom. The summed E-state index contributed by atoms with van der Waals surface area (Å²) in [5.74, 6) is 0.220. The number of thiocarbonyl (C=S) groups is 1. The standard InChI is InChI=1S/C12H17N3OS/c1-2-3-7-13-12(17)15-14-9-10-5-4-6-11(16)8-10/h4-6,8-9,16H,2-3,7H2,1H3,(H2,13,15,17)/b14-9-. The highest BCUT2D eigenvalue weighted by Gasteiger charge is 1.92. The number of benzene rings is 1. The zero-order valence-corrected chi connectivity index (χ0v) is 10.6. The quantitative estimate of drug-likeness (QED) is 0.324. The van der Waals surface area contributed by atoms with Crippen molar-refractivity contribution in [1.82, 2.24) is 10.7 Å². The highest BCUT2D eigenvalue weighted by molar-refractivity contribution is 7.80. The van der Waals surface area contributed by atoms with E-state index in [0.29, 0.717) is 5.11 Å². The summed E-state index contributed by atoms with van der Waals surface area (Å²) in [6, 6.07) is 6.84. The first-order valence-electron chi connectivity index (χ1n) is 5.58. The number of hydrogen-bond donors (Lipinski definition) is 3. The van der Waals surface area contributed by atoms with E-state index >= 15 is 0 Å². The molecule has 0 fully saturated rings. The second-order valence-electron chi connectivity index (χ2n) is 3.57. The van der Waals surface area contributed by atoms with Crippen LogP contribution in [0.15, 0.2) is 29.4 Å². The summed E-state index contributed by atoms with van der Waals surface area (Å²) in [6.07, 6.45) is 3.81. The number of aromatic hydroxyl groups is 1. The Morgan fingerprint density at radius 2 is 2.35 bits per heavy atom. The summed E-state index contributed by atoms with van der Waals surface area (Å²) in [4.78, 5) is 0. The molecule has 0 aliphatic heterocycles. The fraction of sp³-hybridized carbons (Fsp3) is 0.333. The van der Waals surface area contributed by atoms with Crippen molar-refractivity contribution >= 4 is 23.5 Å². The molecule has 0 bridgehead atoms. The van der Waals surface area contributed by atoms with Crippen LogP contribution in [0.3, 0.4) is 0 Å². The number of phenols is 1. The third-order valence-corrected chi connectivity index (χ3v) is 2.30. The first-order chi connectivity index (χ1) is 8.22. The Hall–Kier alpha value is -1.62. The van der Waals surface area contributed by atoms with Crippen molar-refractivity contribution in [1.29, 1.82) is 0 Å². The van der Waals surface area contributed by atoms with E-state index in [-0.39, 0.29) is 5.75 Å². The Kier molecular flexibility index (Phi) is 6.03. The molecule has 0 aliphatic carbocycles. The van der Waals surface area contributed by atoms with Gasteiger partial charge in [0.05, 0.1) is 6.21 Å². The van der Waals surface area contributed by atoms with Gasteiger partial charge in [-0.3, -0.25) is 5.43 Å². The molecular weight excluding hydrogens is 234 g/mol. The summed E-state index contributed by atoms with van der Waals surface area (Å²) in [5.41, 5.74) is 3.53. The highest BCUT2D eigenvalue weighted by Crippen LogP contribution is 2.08. The molecule has 0 saturated heterocycles. The first kappa shape index (κ1) is 13.4. The van der Waals surface area contributed by atoms with E-state index in [4.69, 9.17) is 12.2 Å². The number of nitrogens with one attached hydrogen (secondary N) is 2. The Bertz CT molecular complexity index is 393. The van der Waals surface area contributed by atoms with Crippen LogP contribution in [-0.4, -0.2) is 23.0 Å². The minimum Gasteiger partial charge on any atom is -0.508 e. The van der Waals surface area contributed by atoms with E-state index in [1.165, 1.54) is 0 Å². The van der Waals surface area contributed by atoms with E-state index in [2.05, 4.69) is 22.8 Å². The summed E-state index contributed by atoms with van der Waals surface area (Å²) in [6.45, 7) is 2.97. The highest BCUT2D eigenvalue weighted by atomic mass is 32.1. The Morgan fingerprint density at radius 1 is 1.53 bits per heavy atom. The van der Waals surface area contributed by atoms with Crippen molar-refractivity contribution in [3.05, 3.63) is 29.8 Å². The molecule has 5 heteroatoms. The molecule has 3 N–H and O–H groups in total. The lowest BCUT2D eigenvalue weighted by atomic mass is 10.2. The topological polar surface area (TPSA) is 56.7 Å². The van der Waals surface area contributed by atoms with Crippen LogP contribution in [0.25, 0.3) is 0 Å². The van der Waals surface area contributed by atoms with E-state index in [1.54, 1.807) is 24.4 Å². The number of hydrazone groups is 1. The molecule has 17 heavy (non-hydrogen) atoms. The lowest BCUT2D eigenvalue weighted by molar-refractivity contribution is 0.475. The zero-order valence-electron chi connectivity index (χ0n) is 9.81. The van der Waals surface area contributed by atoms with Gasteiger partial charge in [-0.05, 0) is 36.3 Å². The maximum atomic E-state index is 9.24. The predicted octanol–water partition coefficient (Wildman–Crippen LogP) is 1.99. The zero-order chi connectivity index (χ0) is 12.5. The van der Waals surface area contributed by atoms with E-state index in [9.17, 15) is 5.11 Å². The number of unbranched alkanes of at least 4 members (excludes halogenated alkanes) is 1. The average molecular weight is 251 g/mol. The largest absolute Gasteiger partial charge is 0.508 e. The van der Waals surface area contributed by atoms with Crippen LogP contribution >= 0.6 is 12.2 Å². The van der Waals surface area contributed by atoms with Crippen molar-refractivity contribution in [3.63, 3.8) is 0 Å². The number of phenolic OH excluding ortho intramolecular Hbond substituents is 1. The second-order valence-corrected chi connectivity index (χ2v) is 3.98. The van der Waals surface area contributed by atoms with E-state index in [1.807, 2.05) is 6.07 Å². The Labute approximate surface area is 107 Å². The van der Waals surface area contributed by atoms with Gasteiger partial charge in [0, 0.05) is 6.54 Å². The maximum Gasteiger partial charge on any atom is 0.186 e. The third-order valence-electron chi connectivity index (χ3n) is 2.07. The lowest BCUT2D eigenvalue weighted by Crippen LogP contribution is -2.32. The van der Waals surface area contributed by atoms with Gasteiger partial charge in [0.2, 0.25) is 0 Å². The molecule has 1 aromatic carbocycles. The van der Waals surface area contributed by atoms with Crippen LogP contribution in [0.4, 0.5) is 0 Å². The van der Waals surface area contributed by atoms with Crippen molar-refractivity contribution < 1.29 is 5.11 Å². The minimum absolute atomic E-state index is 0.220. The maximum absolute atomic E-state index is 9.24. The van der Waals surface area contributed by atoms with Gasteiger partial charge in [-0.25, -0.2) is 0 Å². The normalized spacial score (nSPS) is 10.4. The fourth-order valence-electron chi connectivity index (χ4n) is 1.19. The summed E-state index contributed by atoms with van der Waals surface area (Å²) in [7, 11) is 0. The second kappa shape index (κ2) is 7.62. The molecule has 1 aromatic rings. The summed E-state index contributed by atoms with van der Waals surface area (Å²) < 4.78 is 0. The molecular formula is C12H17N3OS. The van der Waals surface area contributed by atoms with Gasteiger partial charge >= 0.3 is 0 Å². The van der Waals surface area contributed by atoms with Crippen LogP contribution in [0.5, 0.6) is 5.75 Å². The molecule has 92 valence electrons. The van der Waals surface area contributed by atoms with Gasteiger partial charge in [0.1, 0.15) is 5.75 Å². The van der Waals surface area contributed by atoms with Gasteiger partial charge in [0.25, 0.3) is 0 Å². The molecule has 0 amide bonds. The third kappa shape index (κ3) is 5.87. The Balaban J connectivity index is 2.32. The van der Waals surface area contributed by atoms with Crippen LogP contribution in [-0.2, 0) is 0 Å². The van der Waals surface area contributed by atoms with Crippen LogP contribution in [0, 0.1) is 0 Å². The molecule has 0 aromatic heterocycles. The van der Waals surface area contributed by atoms with Crippen molar-refractivity contribution in [2.24, 2.45) is 5.10 Å². The molecule has 0 saturated carbocycles. The number of rotatable bonds is 5. The predicted molar refractivity (Wildman–Crippen MR) is 74.3 cm³/mol. The SMILES string of the molecule is CCCCNC(=S)N/N=C\c1cccc(O)c1. The first-order valence-corrected chi connectivity index (χ1v) is 5.99. The monoisotopic (exact) mass is 251 g/mol. The van der Waals surface area contributed by atoms with Crippen LogP contribution in [0.2, 0.25) is 0 Å². The molecule has 4 nitrogen and oxygen atoms in total. The van der Waals surface area contributed by atoms with Crippen LogP contribution < -0.4 is 10.7 Å². The van der Waals surface area contributed by atoms with Gasteiger partial charge in [0.15, 0.2) is 5.11 Å². The molecule has 0 spiro atoms. The molecule has 0 aliphatic rings. The van der Waals surface area contributed by atoms with Gasteiger partial charge in [-0.1, -0.05) is 25.5 Å². The van der Waals surface area contributed by atoms with E-state index < -0.39 is 0 Å². The number of hydrogen-bond acceptors (Lipinski definition) is 3.